The highest BCUT2D eigenvalue weighted by Crippen LogP contribution is 2.17. The van der Waals surface area contributed by atoms with Crippen LogP contribution >= 0.6 is 0 Å². The second-order valence-corrected chi connectivity index (χ2v) is 7.69. The van der Waals surface area contributed by atoms with E-state index in [1.165, 1.54) is 28.6 Å². The first kappa shape index (κ1) is 20.1. The normalized spacial score (nSPS) is 11.5. The monoisotopic (exact) mass is 378 g/mol. The molecule has 0 unspecified atom stereocenters. The van der Waals surface area contributed by atoms with E-state index < -0.39 is 10.0 Å². The molecule has 2 aromatic carbocycles. The van der Waals surface area contributed by atoms with Crippen molar-refractivity contribution in [2.24, 2.45) is 0 Å². The highest BCUT2D eigenvalue weighted by Gasteiger charge is 2.22. The first-order chi connectivity index (χ1) is 12.4. The SMILES string of the molecule is CCN(CC)S(=O)(=O)c1cccc(C(=O)NCCc2cccc(F)c2)c1. The molecule has 7 heteroatoms. The number of amides is 1. The molecule has 1 amide bonds. The lowest BCUT2D eigenvalue weighted by atomic mass is 10.1. The average molecular weight is 378 g/mol. The summed E-state index contributed by atoms with van der Waals surface area (Å²) < 4.78 is 39.6. The van der Waals surface area contributed by atoms with Crippen molar-refractivity contribution in [2.45, 2.75) is 25.2 Å². The van der Waals surface area contributed by atoms with Gasteiger partial charge in [-0.3, -0.25) is 4.79 Å². The predicted octanol–water partition coefficient (Wildman–Crippen LogP) is 2.83. The Kier molecular flexibility index (Phi) is 6.88. The van der Waals surface area contributed by atoms with Crippen LogP contribution in [0.1, 0.15) is 29.8 Å². The number of halogens is 1. The third kappa shape index (κ3) is 4.89. The molecule has 2 rings (SSSR count). The number of hydrogen-bond donors (Lipinski definition) is 1. The van der Waals surface area contributed by atoms with Crippen LogP contribution in [0.5, 0.6) is 0 Å². The zero-order valence-electron chi connectivity index (χ0n) is 14.9. The van der Waals surface area contributed by atoms with Gasteiger partial charge in [-0.25, -0.2) is 12.8 Å². The van der Waals surface area contributed by atoms with E-state index in [9.17, 15) is 17.6 Å². The van der Waals surface area contributed by atoms with Crippen LogP contribution < -0.4 is 5.32 Å². The number of hydrogen-bond acceptors (Lipinski definition) is 3. The summed E-state index contributed by atoms with van der Waals surface area (Å²) in [5.74, 6) is -0.680. The van der Waals surface area contributed by atoms with Crippen LogP contribution in [0.3, 0.4) is 0 Å². The molecule has 0 aromatic heterocycles. The van der Waals surface area contributed by atoms with E-state index in [4.69, 9.17) is 0 Å². The zero-order valence-corrected chi connectivity index (χ0v) is 15.7. The van der Waals surface area contributed by atoms with Gasteiger partial charge in [0.25, 0.3) is 5.91 Å². The van der Waals surface area contributed by atoms with Crippen LogP contribution in [-0.2, 0) is 16.4 Å². The van der Waals surface area contributed by atoms with Crippen molar-refractivity contribution in [1.29, 1.82) is 0 Å². The molecule has 0 radical (unpaired) electrons. The minimum Gasteiger partial charge on any atom is -0.352 e. The van der Waals surface area contributed by atoms with Gasteiger partial charge in [0.1, 0.15) is 5.82 Å². The molecule has 0 saturated heterocycles. The maximum atomic E-state index is 13.1. The molecule has 0 aliphatic carbocycles. The summed E-state index contributed by atoms with van der Waals surface area (Å²) in [6.45, 7) is 4.59. The molecular formula is C19H23FN2O3S. The number of rotatable bonds is 8. The van der Waals surface area contributed by atoms with Crippen molar-refractivity contribution in [3.8, 4) is 0 Å². The van der Waals surface area contributed by atoms with Gasteiger partial charge >= 0.3 is 0 Å². The minimum atomic E-state index is -3.61. The quantitative estimate of drug-likeness (QED) is 0.768. The Bertz CT molecular complexity index is 865. The maximum absolute atomic E-state index is 13.1. The molecule has 0 spiro atoms. The molecule has 0 heterocycles. The molecule has 26 heavy (non-hydrogen) atoms. The second-order valence-electron chi connectivity index (χ2n) is 5.75. The number of nitrogens with one attached hydrogen (secondary N) is 1. The Hall–Kier alpha value is -2.25. The Morgan fingerprint density at radius 1 is 1.08 bits per heavy atom. The largest absolute Gasteiger partial charge is 0.352 e. The highest BCUT2D eigenvalue weighted by atomic mass is 32.2. The highest BCUT2D eigenvalue weighted by molar-refractivity contribution is 7.89. The maximum Gasteiger partial charge on any atom is 0.251 e. The number of nitrogens with zero attached hydrogens (tertiary/aromatic N) is 1. The van der Waals surface area contributed by atoms with E-state index in [1.54, 1.807) is 38.1 Å². The van der Waals surface area contributed by atoms with Gasteiger partial charge in [0.2, 0.25) is 10.0 Å². The first-order valence-corrected chi connectivity index (χ1v) is 9.95. The van der Waals surface area contributed by atoms with Crippen LogP contribution in [0, 0.1) is 5.82 Å². The summed E-state index contributed by atoms with van der Waals surface area (Å²) in [5.41, 5.74) is 1.06. The molecule has 2 aromatic rings. The molecule has 0 fully saturated rings. The first-order valence-electron chi connectivity index (χ1n) is 8.51. The summed E-state index contributed by atoms with van der Waals surface area (Å²) in [6.07, 6.45) is 0.487. The lowest BCUT2D eigenvalue weighted by molar-refractivity contribution is 0.0954. The van der Waals surface area contributed by atoms with Crippen molar-refractivity contribution >= 4 is 15.9 Å². The number of benzene rings is 2. The summed E-state index contributed by atoms with van der Waals surface area (Å²) in [7, 11) is -3.61. The van der Waals surface area contributed by atoms with Crippen LogP contribution in [0.4, 0.5) is 4.39 Å². The van der Waals surface area contributed by atoms with Crippen LogP contribution in [-0.4, -0.2) is 38.3 Å². The fourth-order valence-electron chi connectivity index (χ4n) is 2.63. The molecule has 0 saturated carbocycles. The Balaban J connectivity index is 2.06. The Labute approximate surface area is 153 Å². The molecule has 0 atom stereocenters. The summed E-state index contributed by atoms with van der Waals surface area (Å²) in [4.78, 5) is 12.4. The lowest BCUT2D eigenvalue weighted by Gasteiger charge is -2.18. The number of carbonyl (C=O) groups excluding carboxylic acids is 1. The van der Waals surface area contributed by atoms with Gasteiger partial charge in [0, 0.05) is 25.2 Å². The van der Waals surface area contributed by atoms with Gasteiger partial charge in [0.05, 0.1) is 4.90 Å². The smallest absolute Gasteiger partial charge is 0.251 e. The van der Waals surface area contributed by atoms with Crippen LogP contribution in [0.25, 0.3) is 0 Å². The standard InChI is InChI=1S/C19H23FN2O3S/c1-3-22(4-2)26(24,25)18-10-6-8-16(14-18)19(23)21-12-11-15-7-5-9-17(20)13-15/h5-10,13-14H,3-4,11-12H2,1-2H3,(H,21,23). The molecular weight excluding hydrogens is 355 g/mol. The van der Waals surface area contributed by atoms with Crippen molar-refractivity contribution in [3.05, 3.63) is 65.5 Å². The van der Waals surface area contributed by atoms with Gasteiger partial charge in [-0.1, -0.05) is 32.0 Å². The van der Waals surface area contributed by atoms with Gasteiger partial charge in [-0.2, -0.15) is 4.31 Å². The number of sulfonamides is 1. The van der Waals surface area contributed by atoms with Crippen molar-refractivity contribution in [3.63, 3.8) is 0 Å². The van der Waals surface area contributed by atoms with E-state index in [2.05, 4.69) is 5.32 Å². The van der Waals surface area contributed by atoms with E-state index in [0.717, 1.165) is 5.56 Å². The molecule has 5 nitrogen and oxygen atoms in total. The Morgan fingerprint density at radius 3 is 2.42 bits per heavy atom. The van der Waals surface area contributed by atoms with Gasteiger partial charge in [-0.05, 0) is 42.3 Å². The summed E-state index contributed by atoms with van der Waals surface area (Å²) in [6, 6.07) is 12.2. The minimum absolute atomic E-state index is 0.0963. The van der Waals surface area contributed by atoms with Gasteiger partial charge < -0.3 is 5.32 Å². The van der Waals surface area contributed by atoms with Gasteiger partial charge in [0.15, 0.2) is 0 Å². The van der Waals surface area contributed by atoms with Crippen molar-refractivity contribution < 1.29 is 17.6 Å². The molecule has 0 aliphatic heterocycles. The Morgan fingerprint density at radius 2 is 1.77 bits per heavy atom. The predicted molar refractivity (Wildman–Crippen MR) is 99.0 cm³/mol. The molecule has 140 valence electrons. The van der Waals surface area contributed by atoms with Crippen molar-refractivity contribution in [2.75, 3.05) is 19.6 Å². The third-order valence-electron chi connectivity index (χ3n) is 4.03. The third-order valence-corrected chi connectivity index (χ3v) is 6.07. The fraction of sp³-hybridized carbons (Fsp3) is 0.316. The van der Waals surface area contributed by atoms with Gasteiger partial charge in [-0.15, -0.1) is 0 Å². The zero-order chi connectivity index (χ0) is 19.2. The van der Waals surface area contributed by atoms with E-state index in [0.29, 0.717) is 26.1 Å². The summed E-state index contributed by atoms with van der Waals surface area (Å²) in [5, 5.41) is 2.73. The lowest BCUT2D eigenvalue weighted by Crippen LogP contribution is -2.31. The van der Waals surface area contributed by atoms with Crippen molar-refractivity contribution in [1.82, 2.24) is 9.62 Å². The van der Waals surface area contributed by atoms with Crippen LogP contribution in [0.2, 0.25) is 0 Å². The molecule has 0 aliphatic rings. The molecule has 1 N–H and O–H groups in total. The van der Waals surface area contributed by atoms with E-state index >= 15 is 0 Å². The topological polar surface area (TPSA) is 66.5 Å². The van der Waals surface area contributed by atoms with E-state index in [1.807, 2.05) is 0 Å². The van der Waals surface area contributed by atoms with Crippen LogP contribution in [0.15, 0.2) is 53.4 Å². The number of carbonyl (C=O) groups is 1. The fourth-order valence-corrected chi connectivity index (χ4v) is 4.13. The average Bonchev–Trinajstić information content (AvgIpc) is 2.62. The second kappa shape index (κ2) is 8.91. The molecule has 0 bridgehead atoms. The van der Waals surface area contributed by atoms with E-state index in [-0.39, 0.29) is 22.2 Å². The summed E-state index contributed by atoms with van der Waals surface area (Å²) >= 11 is 0.